The molecule has 1 aromatic rings. The van der Waals surface area contributed by atoms with Crippen molar-refractivity contribution in [1.29, 1.82) is 0 Å². The van der Waals surface area contributed by atoms with Crippen LogP contribution in [0.25, 0.3) is 0 Å². The van der Waals surface area contributed by atoms with E-state index in [0.29, 0.717) is 12.1 Å². The van der Waals surface area contributed by atoms with Gasteiger partial charge < -0.3 is 10.1 Å². The van der Waals surface area contributed by atoms with Gasteiger partial charge in [0.2, 0.25) is 0 Å². The zero-order valence-corrected chi connectivity index (χ0v) is 13.9. The normalized spacial score (nSPS) is 13.2. The quantitative estimate of drug-likeness (QED) is 0.791. The van der Waals surface area contributed by atoms with Crippen LogP contribution in [0.1, 0.15) is 36.6 Å². The van der Waals surface area contributed by atoms with Gasteiger partial charge in [0.1, 0.15) is 0 Å². The predicted molar refractivity (Wildman–Crippen MR) is 86.3 cm³/mol. The Morgan fingerprint density at radius 3 is 2.20 bits per heavy atom. The van der Waals surface area contributed by atoms with Crippen molar-refractivity contribution in [3.8, 4) is 0 Å². The van der Waals surface area contributed by atoms with E-state index in [-0.39, 0.29) is 0 Å². The van der Waals surface area contributed by atoms with E-state index < -0.39 is 0 Å². The number of rotatable bonds is 8. The number of benzene rings is 1. The summed E-state index contributed by atoms with van der Waals surface area (Å²) in [5.74, 6) is 0. The fourth-order valence-electron chi connectivity index (χ4n) is 2.58. The van der Waals surface area contributed by atoms with Crippen molar-refractivity contribution in [3.63, 3.8) is 0 Å². The summed E-state index contributed by atoms with van der Waals surface area (Å²) < 4.78 is 5.22. The predicted octanol–water partition coefficient (Wildman–Crippen LogP) is 2.92. The molecule has 1 rings (SSSR count). The molecule has 0 bridgehead atoms. The Kier molecular flexibility index (Phi) is 7.20. The van der Waals surface area contributed by atoms with Crippen LogP contribution < -0.4 is 5.32 Å². The number of aryl methyl sites for hydroxylation is 2. The van der Waals surface area contributed by atoms with E-state index in [1.54, 1.807) is 7.11 Å². The minimum Gasteiger partial charge on any atom is -0.383 e. The lowest BCUT2D eigenvalue weighted by Gasteiger charge is -2.31. The monoisotopic (exact) mass is 278 g/mol. The second-order valence-corrected chi connectivity index (χ2v) is 5.84. The highest BCUT2D eigenvalue weighted by atomic mass is 16.5. The van der Waals surface area contributed by atoms with Crippen LogP contribution in [-0.4, -0.2) is 44.8 Å². The molecule has 0 aliphatic heterocycles. The summed E-state index contributed by atoms with van der Waals surface area (Å²) in [7, 11) is 3.80. The van der Waals surface area contributed by atoms with Crippen molar-refractivity contribution in [2.75, 3.05) is 33.9 Å². The van der Waals surface area contributed by atoms with Crippen molar-refractivity contribution >= 4 is 0 Å². The van der Waals surface area contributed by atoms with Crippen LogP contribution in [-0.2, 0) is 4.74 Å². The summed E-state index contributed by atoms with van der Waals surface area (Å²) in [6.45, 7) is 11.6. The minimum absolute atomic E-state index is 0.354. The Morgan fingerprint density at radius 2 is 1.75 bits per heavy atom. The molecule has 0 aliphatic rings. The summed E-state index contributed by atoms with van der Waals surface area (Å²) in [6, 6.07) is 7.66. The molecule has 0 amide bonds. The molecule has 3 nitrogen and oxygen atoms in total. The molecule has 20 heavy (non-hydrogen) atoms. The van der Waals surface area contributed by atoms with Crippen molar-refractivity contribution in [2.45, 2.75) is 39.8 Å². The molecule has 1 unspecified atom stereocenters. The highest BCUT2D eigenvalue weighted by Gasteiger charge is 2.17. The summed E-state index contributed by atoms with van der Waals surface area (Å²) in [4.78, 5) is 2.46. The smallest absolute Gasteiger partial charge is 0.0589 e. The van der Waals surface area contributed by atoms with Crippen LogP contribution in [0.3, 0.4) is 0 Å². The molecule has 0 aromatic heterocycles. The van der Waals surface area contributed by atoms with Gasteiger partial charge in [-0.2, -0.15) is 0 Å². The van der Waals surface area contributed by atoms with E-state index >= 15 is 0 Å². The number of ether oxygens (including phenoxy) is 1. The number of nitrogens with zero attached hydrogens (tertiary/aromatic N) is 1. The van der Waals surface area contributed by atoms with E-state index in [2.05, 4.69) is 56.1 Å². The van der Waals surface area contributed by atoms with Crippen molar-refractivity contribution in [2.24, 2.45) is 0 Å². The molecule has 0 heterocycles. The third-order valence-corrected chi connectivity index (χ3v) is 3.72. The summed E-state index contributed by atoms with van der Waals surface area (Å²) in [6.07, 6.45) is 0. The van der Waals surface area contributed by atoms with E-state index in [4.69, 9.17) is 4.74 Å². The lowest BCUT2D eigenvalue weighted by atomic mass is 10.0. The first-order valence-electron chi connectivity index (χ1n) is 7.46. The van der Waals surface area contributed by atoms with Crippen molar-refractivity contribution in [1.82, 2.24) is 10.2 Å². The van der Waals surface area contributed by atoms with Gasteiger partial charge in [0.15, 0.2) is 0 Å². The molecule has 0 saturated heterocycles. The minimum atomic E-state index is 0.354. The Labute approximate surface area is 124 Å². The fourth-order valence-corrected chi connectivity index (χ4v) is 2.58. The standard InChI is InChI=1S/C17H30N2O/c1-13(2)19(7-8-20-6)12-17(18-5)16-10-14(3)9-15(4)11-16/h9-11,13,17-18H,7-8,12H2,1-6H3. The Bertz CT molecular complexity index is 384. The van der Waals surface area contributed by atoms with E-state index in [9.17, 15) is 0 Å². The van der Waals surface area contributed by atoms with Crippen LogP contribution in [0.15, 0.2) is 18.2 Å². The molecule has 1 N–H and O–H groups in total. The van der Waals surface area contributed by atoms with Gasteiger partial charge in [0.25, 0.3) is 0 Å². The third kappa shape index (κ3) is 5.23. The maximum absolute atomic E-state index is 5.22. The molecule has 0 aliphatic carbocycles. The molecule has 0 saturated carbocycles. The van der Waals surface area contributed by atoms with Crippen LogP contribution >= 0.6 is 0 Å². The molecule has 1 aromatic carbocycles. The van der Waals surface area contributed by atoms with Gasteiger partial charge in [-0.1, -0.05) is 29.3 Å². The molecule has 0 fully saturated rings. The zero-order chi connectivity index (χ0) is 15.1. The van der Waals surface area contributed by atoms with Crippen LogP contribution in [0, 0.1) is 13.8 Å². The lowest BCUT2D eigenvalue weighted by molar-refractivity contribution is 0.122. The number of nitrogens with one attached hydrogen (secondary N) is 1. The van der Waals surface area contributed by atoms with Crippen molar-refractivity contribution < 1.29 is 4.74 Å². The maximum atomic E-state index is 5.22. The number of hydrogen-bond acceptors (Lipinski definition) is 3. The Balaban J connectivity index is 2.83. The topological polar surface area (TPSA) is 24.5 Å². The van der Waals surface area contributed by atoms with Crippen LogP contribution in [0.5, 0.6) is 0 Å². The number of methoxy groups -OCH3 is 1. The molecule has 0 radical (unpaired) electrons. The molecule has 3 heteroatoms. The molecular weight excluding hydrogens is 248 g/mol. The van der Waals surface area contributed by atoms with Crippen molar-refractivity contribution in [3.05, 3.63) is 34.9 Å². The first-order valence-corrected chi connectivity index (χ1v) is 7.46. The number of hydrogen-bond donors (Lipinski definition) is 1. The zero-order valence-electron chi connectivity index (χ0n) is 13.9. The van der Waals surface area contributed by atoms with Gasteiger partial charge in [-0.3, -0.25) is 4.90 Å². The van der Waals surface area contributed by atoms with Gasteiger partial charge in [0, 0.05) is 32.3 Å². The SMILES string of the molecule is CNC(CN(CCOC)C(C)C)c1cc(C)cc(C)c1. The Hall–Kier alpha value is -0.900. The van der Waals surface area contributed by atoms with Gasteiger partial charge >= 0.3 is 0 Å². The first-order chi connectivity index (χ1) is 9.47. The third-order valence-electron chi connectivity index (χ3n) is 3.72. The molecular formula is C17H30N2O. The van der Waals surface area contributed by atoms with Crippen LogP contribution in [0.4, 0.5) is 0 Å². The van der Waals surface area contributed by atoms with E-state index in [0.717, 1.165) is 19.7 Å². The summed E-state index contributed by atoms with van der Waals surface area (Å²) >= 11 is 0. The van der Waals surface area contributed by atoms with Gasteiger partial charge in [-0.05, 0) is 40.3 Å². The lowest BCUT2D eigenvalue weighted by Crippen LogP contribution is -2.40. The van der Waals surface area contributed by atoms with E-state index in [1.165, 1.54) is 16.7 Å². The van der Waals surface area contributed by atoms with Gasteiger partial charge in [-0.25, -0.2) is 0 Å². The largest absolute Gasteiger partial charge is 0.383 e. The summed E-state index contributed by atoms with van der Waals surface area (Å²) in [5.41, 5.74) is 4.02. The fraction of sp³-hybridized carbons (Fsp3) is 0.647. The van der Waals surface area contributed by atoms with E-state index in [1.807, 2.05) is 7.05 Å². The number of likely N-dealkylation sites (N-methyl/N-ethyl adjacent to an activating group) is 1. The molecule has 114 valence electrons. The second-order valence-electron chi connectivity index (χ2n) is 5.84. The Morgan fingerprint density at radius 1 is 1.15 bits per heavy atom. The maximum Gasteiger partial charge on any atom is 0.0589 e. The highest BCUT2D eigenvalue weighted by Crippen LogP contribution is 2.19. The summed E-state index contributed by atoms with van der Waals surface area (Å²) in [5, 5.41) is 3.45. The average Bonchev–Trinajstić information content (AvgIpc) is 2.37. The average molecular weight is 278 g/mol. The second kappa shape index (κ2) is 8.40. The first kappa shape index (κ1) is 17.2. The van der Waals surface area contributed by atoms with Crippen LogP contribution in [0.2, 0.25) is 0 Å². The van der Waals surface area contributed by atoms with Gasteiger partial charge in [-0.15, -0.1) is 0 Å². The highest BCUT2D eigenvalue weighted by molar-refractivity contribution is 5.30. The van der Waals surface area contributed by atoms with Gasteiger partial charge in [0.05, 0.1) is 6.61 Å². The molecule has 0 spiro atoms. The molecule has 1 atom stereocenters.